The first-order valence-corrected chi connectivity index (χ1v) is 7.12. The van der Waals surface area contributed by atoms with Crippen molar-refractivity contribution in [1.29, 1.82) is 0 Å². The van der Waals surface area contributed by atoms with E-state index in [0.29, 0.717) is 5.56 Å². The van der Waals surface area contributed by atoms with Gasteiger partial charge in [0.15, 0.2) is 0 Å². The Kier molecular flexibility index (Phi) is 3.63. The highest BCUT2D eigenvalue weighted by Gasteiger charge is 2.21. The summed E-state index contributed by atoms with van der Waals surface area (Å²) in [6.07, 6.45) is 0. The standard InChI is InChI=1S/C13H12F2N2O2S/c1-8-6-10(15)13(7-11(8)16)20(18,19)17-12-5-3-2-4-9(12)14/h2-7,17H,16H2,1H3. The fourth-order valence-corrected chi connectivity index (χ4v) is 2.78. The van der Waals surface area contributed by atoms with Crippen LogP contribution in [0.1, 0.15) is 5.56 Å². The number of hydrogen-bond acceptors (Lipinski definition) is 3. The molecule has 0 aromatic heterocycles. The van der Waals surface area contributed by atoms with Crippen LogP contribution >= 0.6 is 0 Å². The number of para-hydroxylation sites is 1. The number of hydrogen-bond donors (Lipinski definition) is 2. The highest BCUT2D eigenvalue weighted by Crippen LogP contribution is 2.24. The summed E-state index contributed by atoms with van der Waals surface area (Å²) in [5, 5.41) is 0. The van der Waals surface area contributed by atoms with Crippen molar-refractivity contribution >= 4 is 21.4 Å². The molecule has 0 fully saturated rings. The van der Waals surface area contributed by atoms with Gasteiger partial charge in [-0.1, -0.05) is 12.1 Å². The van der Waals surface area contributed by atoms with Gasteiger partial charge in [-0.15, -0.1) is 0 Å². The molecule has 7 heteroatoms. The van der Waals surface area contributed by atoms with Crippen molar-refractivity contribution in [3.05, 3.63) is 53.6 Å². The maximum Gasteiger partial charge on any atom is 0.264 e. The average Bonchev–Trinajstić information content (AvgIpc) is 2.36. The zero-order chi connectivity index (χ0) is 14.9. The first-order valence-electron chi connectivity index (χ1n) is 5.64. The SMILES string of the molecule is Cc1cc(F)c(S(=O)(=O)Nc2ccccc2F)cc1N. The molecule has 0 aliphatic rings. The third-order valence-electron chi connectivity index (χ3n) is 2.73. The minimum Gasteiger partial charge on any atom is -0.398 e. The van der Waals surface area contributed by atoms with Crippen molar-refractivity contribution in [3.8, 4) is 0 Å². The molecule has 0 amide bonds. The van der Waals surface area contributed by atoms with Crippen LogP contribution in [0.15, 0.2) is 41.3 Å². The van der Waals surface area contributed by atoms with Crippen LogP contribution in [0.4, 0.5) is 20.2 Å². The van der Waals surface area contributed by atoms with E-state index < -0.39 is 26.6 Å². The number of sulfonamides is 1. The third kappa shape index (κ3) is 2.72. The second-order valence-corrected chi connectivity index (χ2v) is 5.88. The number of anilines is 2. The van der Waals surface area contributed by atoms with Gasteiger partial charge in [0.25, 0.3) is 10.0 Å². The Hall–Kier alpha value is -2.15. The Labute approximate surface area is 115 Å². The van der Waals surface area contributed by atoms with Gasteiger partial charge in [0, 0.05) is 5.69 Å². The van der Waals surface area contributed by atoms with Crippen molar-refractivity contribution in [3.63, 3.8) is 0 Å². The van der Waals surface area contributed by atoms with Gasteiger partial charge in [0.2, 0.25) is 0 Å². The van der Waals surface area contributed by atoms with Crippen molar-refractivity contribution in [2.24, 2.45) is 0 Å². The van der Waals surface area contributed by atoms with Gasteiger partial charge in [-0.05, 0) is 36.8 Å². The summed E-state index contributed by atoms with van der Waals surface area (Å²) in [6.45, 7) is 1.55. The molecule has 0 unspecified atom stereocenters. The van der Waals surface area contributed by atoms with E-state index in [2.05, 4.69) is 0 Å². The number of nitrogen functional groups attached to an aromatic ring is 1. The molecule has 0 saturated carbocycles. The molecule has 0 atom stereocenters. The van der Waals surface area contributed by atoms with Gasteiger partial charge in [-0.2, -0.15) is 0 Å². The summed E-state index contributed by atoms with van der Waals surface area (Å²) in [4.78, 5) is -0.621. The highest BCUT2D eigenvalue weighted by atomic mass is 32.2. The predicted octanol–water partition coefficient (Wildman–Crippen LogP) is 2.66. The first-order chi connectivity index (χ1) is 9.31. The maximum atomic E-state index is 13.8. The van der Waals surface area contributed by atoms with E-state index >= 15 is 0 Å². The second-order valence-electron chi connectivity index (χ2n) is 4.22. The largest absolute Gasteiger partial charge is 0.398 e. The summed E-state index contributed by atoms with van der Waals surface area (Å²) in [5.41, 5.74) is 5.88. The Morgan fingerprint density at radius 1 is 1.10 bits per heavy atom. The van der Waals surface area contributed by atoms with E-state index in [9.17, 15) is 17.2 Å². The summed E-state index contributed by atoms with van der Waals surface area (Å²) in [5.74, 6) is -1.70. The molecule has 0 aliphatic carbocycles. The lowest BCUT2D eigenvalue weighted by atomic mass is 10.2. The monoisotopic (exact) mass is 298 g/mol. The molecule has 2 aromatic carbocycles. The van der Waals surface area contributed by atoms with E-state index in [1.807, 2.05) is 4.72 Å². The lowest BCUT2D eigenvalue weighted by Gasteiger charge is -2.11. The summed E-state index contributed by atoms with van der Waals surface area (Å²) in [7, 11) is -4.25. The van der Waals surface area contributed by atoms with Crippen molar-refractivity contribution in [2.45, 2.75) is 11.8 Å². The van der Waals surface area contributed by atoms with Crippen LogP contribution in [0.25, 0.3) is 0 Å². The Morgan fingerprint density at radius 2 is 1.75 bits per heavy atom. The molecule has 106 valence electrons. The number of rotatable bonds is 3. The number of nitrogens with one attached hydrogen (secondary N) is 1. The highest BCUT2D eigenvalue weighted by molar-refractivity contribution is 7.92. The quantitative estimate of drug-likeness (QED) is 0.856. The minimum absolute atomic E-state index is 0.139. The van der Waals surface area contributed by atoms with Gasteiger partial charge in [-0.25, -0.2) is 17.2 Å². The molecule has 0 heterocycles. The zero-order valence-corrected chi connectivity index (χ0v) is 11.3. The molecule has 0 radical (unpaired) electrons. The van der Waals surface area contributed by atoms with E-state index in [0.717, 1.165) is 18.2 Å². The van der Waals surface area contributed by atoms with Crippen molar-refractivity contribution in [2.75, 3.05) is 10.5 Å². The number of aryl methyl sites for hydroxylation is 1. The fourth-order valence-electron chi connectivity index (χ4n) is 1.62. The van der Waals surface area contributed by atoms with E-state index in [1.54, 1.807) is 6.92 Å². The molecule has 2 rings (SSSR count). The van der Waals surface area contributed by atoms with Crippen LogP contribution in [-0.2, 0) is 10.0 Å². The molecule has 0 aliphatic heterocycles. The fraction of sp³-hybridized carbons (Fsp3) is 0.0769. The lowest BCUT2D eigenvalue weighted by Crippen LogP contribution is -2.16. The van der Waals surface area contributed by atoms with Crippen LogP contribution in [0.5, 0.6) is 0 Å². The molecule has 20 heavy (non-hydrogen) atoms. The molecule has 3 N–H and O–H groups in total. The first kappa shape index (κ1) is 14.3. The Morgan fingerprint density at radius 3 is 2.40 bits per heavy atom. The summed E-state index contributed by atoms with van der Waals surface area (Å²) >= 11 is 0. The second kappa shape index (κ2) is 5.09. The molecular weight excluding hydrogens is 286 g/mol. The molecule has 0 spiro atoms. The van der Waals surface area contributed by atoms with E-state index in [1.165, 1.54) is 18.2 Å². The number of halogens is 2. The van der Waals surface area contributed by atoms with Crippen molar-refractivity contribution < 1.29 is 17.2 Å². The van der Waals surface area contributed by atoms with Crippen LogP contribution in [0, 0.1) is 18.6 Å². The van der Waals surface area contributed by atoms with Crippen LogP contribution in [0.3, 0.4) is 0 Å². The smallest absolute Gasteiger partial charge is 0.264 e. The van der Waals surface area contributed by atoms with Crippen LogP contribution in [-0.4, -0.2) is 8.42 Å². The Balaban J connectivity index is 2.47. The van der Waals surface area contributed by atoms with Gasteiger partial charge in [-0.3, -0.25) is 4.72 Å². The average molecular weight is 298 g/mol. The van der Waals surface area contributed by atoms with E-state index in [-0.39, 0.29) is 11.4 Å². The maximum absolute atomic E-state index is 13.8. The van der Waals surface area contributed by atoms with E-state index in [4.69, 9.17) is 5.73 Å². The Bertz CT molecular complexity index is 761. The third-order valence-corrected chi connectivity index (χ3v) is 4.11. The molecule has 4 nitrogen and oxygen atoms in total. The summed E-state index contributed by atoms with van der Waals surface area (Å²) < 4.78 is 53.3. The van der Waals surface area contributed by atoms with Gasteiger partial charge in [0.05, 0.1) is 5.69 Å². The van der Waals surface area contributed by atoms with Crippen LogP contribution in [0.2, 0.25) is 0 Å². The summed E-state index contributed by atoms with van der Waals surface area (Å²) in [6, 6.07) is 7.23. The topological polar surface area (TPSA) is 72.2 Å². The van der Waals surface area contributed by atoms with Gasteiger partial charge in [0.1, 0.15) is 16.5 Å². The van der Waals surface area contributed by atoms with Gasteiger partial charge >= 0.3 is 0 Å². The molecule has 2 aromatic rings. The van der Waals surface area contributed by atoms with Gasteiger partial charge < -0.3 is 5.73 Å². The van der Waals surface area contributed by atoms with Crippen LogP contribution < -0.4 is 10.5 Å². The lowest BCUT2D eigenvalue weighted by molar-refractivity contribution is 0.569. The normalized spacial score (nSPS) is 11.3. The molecule has 0 bridgehead atoms. The minimum atomic E-state index is -4.25. The predicted molar refractivity (Wildman–Crippen MR) is 72.8 cm³/mol. The van der Waals surface area contributed by atoms with Crippen molar-refractivity contribution in [1.82, 2.24) is 0 Å². The number of nitrogens with two attached hydrogens (primary N) is 1. The molecule has 0 saturated heterocycles. The zero-order valence-electron chi connectivity index (χ0n) is 10.5. The number of benzene rings is 2. The molecular formula is C13H12F2N2O2S.